The molecule has 0 bridgehead atoms. The average Bonchev–Trinajstić information content (AvgIpc) is 2.78. The Balaban J connectivity index is 1.97. The second-order valence-electron chi connectivity index (χ2n) is 6.86. The zero-order valence-electron chi connectivity index (χ0n) is 17.3. The molecule has 162 valence electrons. The van der Waals surface area contributed by atoms with Gasteiger partial charge in [-0.1, -0.05) is 6.07 Å². The minimum atomic E-state index is -1.12. The molecule has 0 aromatic heterocycles. The number of hydrogen-bond donors (Lipinski definition) is 1. The maximum absolute atomic E-state index is 12.9. The summed E-state index contributed by atoms with van der Waals surface area (Å²) in [6, 6.07) is 4.39. The van der Waals surface area contributed by atoms with E-state index < -0.39 is 23.8 Å². The van der Waals surface area contributed by atoms with Gasteiger partial charge in [-0.2, -0.15) is 0 Å². The number of aliphatic imine (C=N–C) groups is 1. The summed E-state index contributed by atoms with van der Waals surface area (Å²) in [6.07, 6.45) is 0.807. The molecule has 30 heavy (non-hydrogen) atoms. The van der Waals surface area contributed by atoms with Crippen LogP contribution in [0.3, 0.4) is 0 Å². The second-order valence-corrected chi connectivity index (χ2v) is 6.86. The number of carbonyl (C=O) groups is 3. The highest BCUT2D eigenvalue weighted by Gasteiger charge is 2.42. The first-order valence-corrected chi connectivity index (χ1v) is 9.73. The maximum Gasteiger partial charge on any atom is 0.321 e. The van der Waals surface area contributed by atoms with Gasteiger partial charge in [-0.3, -0.25) is 19.7 Å². The van der Waals surface area contributed by atoms with Crippen molar-refractivity contribution < 1.29 is 28.6 Å². The SMILES string of the molecule is CCOC(=O)[C@H]1C(=O)NC(N2CCN(C=O)CC2)=N[C@@H]1c1ccc(OC)c(OC)c1. The summed E-state index contributed by atoms with van der Waals surface area (Å²) in [7, 11) is 3.04. The number of piperazine rings is 1. The highest BCUT2D eigenvalue weighted by Crippen LogP contribution is 2.36. The summed E-state index contributed by atoms with van der Waals surface area (Å²) in [5.41, 5.74) is 0.629. The largest absolute Gasteiger partial charge is 0.493 e. The summed E-state index contributed by atoms with van der Waals surface area (Å²) in [5.74, 6) is -0.850. The van der Waals surface area contributed by atoms with Gasteiger partial charge in [0, 0.05) is 26.2 Å². The lowest BCUT2D eigenvalue weighted by Crippen LogP contribution is -2.57. The molecule has 2 amide bonds. The van der Waals surface area contributed by atoms with Crippen molar-refractivity contribution in [2.45, 2.75) is 13.0 Å². The molecule has 10 heteroatoms. The number of amides is 2. The fourth-order valence-electron chi connectivity index (χ4n) is 3.54. The Morgan fingerprint density at radius 2 is 1.90 bits per heavy atom. The quantitative estimate of drug-likeness (QED) is 0.399. The average molecular weight is 418 g/mol. The number of nitrogens with zero attached hydrogens (tertiary/aromatic N) is 3. The minimum absolute atomic E-state index is 0.158. The standard InChI is InChI=1S/C20H26N4O6/c1-4-30-19(27)16-17(13-5-6-14(28-2)15(11-13)29-3)21-20(22-18(16)26)24-9-7-23(12-25)8-10-24/h5-6,11-12,16-17H,4,7-10H2,1-3H3,(H,21,22,26)/t16-,17-/m1/s1. The summed E-state index contributed by atoms with van der Waals surface area (Å²) in [6.45, 7) is 3.96. The van der Waals surface area contributed by atoms with Crippen molar-refractivity contribution >= 4 is 24.2 Å². The molecule has 1 aromatic rings. The zero-order valence-corrected chi connectivity index (χ0v) is 17.3. The normalized spacial score (nSPS) is 21.4. The first-order valence-electron chi connectivity index (χ1n) is 9.73. The van der Waals surface area contributed by atoms with Crippen molar-refractivity contribution in [3.05, 3.63) is 23.8 Å². The third kappa shape index (κ3) is 4.32. The second kappa shape index (κ2) is 9.47. The van der Waals surface area contributed by atoms with Gasteiger partial charge in [0.2, 0.25) is 18.3 Å². The third-order valence-electron chi connectivity index (χ3n) is 5.15. The van der Waals surface area contributed by atoms with Crippen LogP contribution < -0.4 is 14.8 Å². The fourth-order valence-corrected chi connectivity index (χ4v) is 3.54. The molecule has 1 saturated heterocycles. The maximum atomic E-state index is 12.9. The van der Waals surface area contributed by atoms with Crippen molar-refractivity contribution in [3.63, 3.8) is 0 Å². The molecule has 0 aliphatic carbocycles. The molecule has 3 rings (SSSR count). The van der Waals surface area contributed by atoms with Crippen LogP contribution in [0.5, 0.6) is 11.5 Å². The molecular formula is C20H26N4O6. The fraction of sp³-hybridized carbons (Fsp3) is 0.500. The summed E-state index contributed by atoms with van der Waals surface area (Å²) in [5, 5.41) is 2.73. The predicted molar refractivity (Wildman–Crippen MR) is 107 cm³/mol. The van der Waals surface area contributed by atoms with Crippen molar-refractivity contribution in [3.8, 4) is 11.5 Å². The molecule has 2 heterocycles. The Labute approximate surface area is 174 Å². The molecule has 1 fully saturated rings. The van der Waals surface area contributed by atoms with E-state index in [9.17, 15) is 14.4 Å². The molecule has 0 radical (unpaired) electrons. The van der Waals surface area contributed by atoms with Crippen LogP contribution in [0, 0.1) is 5.92 Å². The number of hydrogen-bond acceptors (Lipinski definition) is 8. The number of nitrogens with one attached hydrogen (secondary N) is 1. The van der Waals surface area contributed by atoms with Crippen LogP contribution in [0.1, 0.15) is 18.5 Å². The van der Waals surface area contributed by atoms with Gasteiger partial charge in [0.15, 0.2) is 17.4 Å². The van der Waals surface area contributed by atoms with E-state index in [-0.39, 0.29) is 6.61 Å². The van der Waals surface area contributed by atoms with Gasteiger partial charge in [0.1, 0.15) is 6.04 Å². The molecule has 10 nitrogen and oxygen atoms in total. The molecule has 2 aliphatic heterocycles. The lowest BCUT2D eigenvalue weighted by atomic mass is 9.91. The number of carbonyl (C=O) groups excluding carboxylic acids is 3. The Hall–Kier alpha value is -3.30. The third-order valence-corrected chi connectivity index (χ3v) is 5.15. The molecule has 1 N–H and O–H groups in total. The van der Waals surface area contributed by atoms with E-state index in [2.05, 4.69) is 5.32 Å². The van der Waals surface area contributed by atoms with Crippen molar-refractivity contribution in [2.75, 3.05) is 47.0 Å². The first kappa shape index (κ1) is 21.4. The van der Waals surface area contributed by atoms with Crippen LogP contribution >= 0.6 is 0 Å². The van der Waals surface area contributed by atoms with Crippen LogP contribution in [-0.4, -0.2) is 81.1 Å². The highest BCUT2D eigenvalue weighted by molar-refractivity contribution is 6.08. The van der Waals surface area contributed by atoms with Gasteiger partial charge in [-0.25, -0.2) is 4.99 Å². The van der Waals surface area contributed by atoms with E-state index in [0.717, 1.165) is 6.41 Å². The molecule has 0 unspecified atom stereocenters. The Morgan fingerprint density at radius 1 is 1.20 bits per heavy atom. The number of ether oxygens (including phenoxy) is 3. The van der Waals surface area contributed by atoms with E-state index in [1.165, 1.54) is 14.2 Å². The van der Waals surface area contributed by atoms with Crippen molar-refractivity contribution in [2.24, 2.45) is 10.9 Å². The zero-order chi connectivity index (χ0) is 21.7. The van der Waals surface area contributed by atoms with Gasteiger partial charge in [0.25, 0.3) is 0 Å². The number of methoxy groups -OCH3 is 2. The number of rotatable bonds is 6. The molecule has 0 spiro atoms. The number of esters is 1. The lowest BCUT2D eigenvalue weighted by molar-refractivity contribution is -0.153. The Morgan fingerprint density at radius 3 is 2.50 bits per heavy atom. The number of benzene rings is 1. The van der Waals surface area contributed by atoms with Crippen molar-refractivity contribution in [1.82, 2.24) is 15.1 Å². The van der Waals surface area contributed by atoms with Gasteiger partial charge in [-0.05, 0) is 24.6 Å². The molecule has 1 aromatic carbocycles. The van der Waals surface area contributed by atoms with E-state index in [4.69, 9.17) is 19.2 Å². The van der Waals surface area contributed by atoms with E-state index in [0.29, 0.717) is 49.2 Å². The van der Waals surface area contributed by atoms with Crippen LogP contribution in [0.2, 0.25) is 0 Å². The monoisotopic (exact) mass is 418 g/mol. The van der Waals surface area contributed by atoms with Gasteiger partial charge >= 0.3 is 5.97 Å². The summed E-state index contributed by atoms with van der Waals surface area (Å²) in [4.78, 5) is 44.7. The molecule has 2 atom stereocenters. The van der Waals surface area contributed by atoms with E-state index in [1.807, 2.05) is 4.90 Å². The Bertz CT molecular complexity index is 835. The topological polar surface area (TPSA) is 110 Å². The number of guanidine groups is 1. The van der Waals surface area contributed by atoms with E-state index in [1.54, 1.807) is 30.0 Å². The predicted octanol–water partition coefficient (Wildman–Crippen LogP) is 0.184. The first-order chi connectivity index (χ1) is 14.5. The van der Waals surface area contributed by atoms with Gasteiger partial charge in [0.05, 0.1) is 20.8 Å². The van der Waals surface area contributed by atoms with Gasteiger partial charge < -0.3 is 24.0 Å². The molecule has 2 aliphatic rings. The smallest absolute Gasteiger partial charge is 0.321 e. The Kier molecular flexibility index (Phi) is 6.76. The summed E-state index contributed by atoms with van der Waals surface area (Å²) < 4.78 is 15.8. The van der Waals surface area contributed by atoms with E-state index >= 15 is 0 Å². The van der Waals surface area contributed by atoms with Crippen molar-refractivity contribution in [1.29, 1.82) is 0 Å². The van der Waals surface area contributed by atoms with Gasteiger partial charge in [-0.15, -0.1) is 0 Å². The highest BCUT2D eigenvalue weighted by atomic mass is 16.5. The summed E-state index contributed by atoms with van der Waals surface area (Å²) >= 11 is 0. The van der Waals surface area contributed by atoms with Crippen LogP contribution in [0.25, 0.3) is 0 Å². The van der Waals surface area contributed by atoms with Crippen LogP contribution in [0.15, 0.2) is 23.2 Å². The van der Waals surface area contributed by atoms with Crippen LogP contribution in [0.4, 0.5) is 0 Å². The minimum Gasteiger partial charge on any atom is -0.493 e. The lowest BCUT2D eigenvalue weighted by Gasteiger charge is -2.37. The molecule has 0 saturated carbocycles. The molecular weight excluding hydrogens is 392 g/mol. The van der Waals surface area contributed by atoms with Crippen LogP contribution in [-0.2, 0) is 19.1 Å².